The number of aromatic nitrogens is 1. The minimum Gasteiger partial charge on any atom is -0.477 e. The molecule has 0 bridgehead atoms. The minimum absolute atomic E-state index is 0.0136. The zero-order chi connectivity index (χ0) is 21.7. The largest absolute Gasteiger partial charge is 0.477 e. The van der Waals surface area contributed by atoms with E-state index in [9.17, 15) is 13.5 Å². The SMILES string of the molecule is CCCCOc1nc(-c2ccc(C)cc2)cc(-c2ccccc2S(N)(=O)=O)c1CO. The van der Waals surface area contributed by atoms with Crippen LogP contribution in [0.25, 0.3) is 22.4 Å². The number of aliphatic hydroxyl groups excluding tert-OH is 1. The van der Waals surface area contributed by atoms with Crippen molar-refractivity contribution in [2.75, 3.05) is 6.61 Å². The number of nitrogens with zero attached hydrogens (tertiary/aromatic N) is 1. The van der Waals surface area contributed by atoms with Gasteiger partial charge in [0.15, 0.2) is 0 Å². The third-order valence-electron chi connectivity index (χ3n) is 4.81. The van der Waals surface area contributed by atoms with Gasteiger partial charge in [-0.3, -0.25) is 0 Å². The Morgan fingerprint density at radius 2 is 1.77 bits per heavy atom. The van der Waals surface area contributed by atoms with Crippen molar-refractivity contribution in [3.63, 3.8) is 0 Å². The maximum atomic E-state index is 12.2. The van der Waals surface area contributed by atoms with Crippen LogP contribution in [0.3, 0.4) is 0 Å². The number of ether oxygens (including phenoxy) is 1. The second-order valence-electron chi connectivity index (χ2n) is 7.11. The zero-order valence-electron chi connectivity index (χ0n) is 17.1. The summed E-state index contributed by atoms with van der Waals surface area (Å²) in [6.45, 7) is 4.15. The molecular weight excluding hydrogens is 400 g/mol. The van der Waals surface area contributed by atoms with Crippen LogP contribution in [0.15, 0.2) is 59.5 Å². The van der Waals surface area contributed by atoms with Gasteiger partial charge in [0.1, 0.15) is 0 Å². The molecule has 0 aliphatic heterocycles. The number of pyridine rings is 1. The van der Waals surface area contributed by atoms with Crippen molar-refractivity contribution >= 4 is 10.0 Å². The van der Waals surface area contributed by atoms with Gasteiger partial charge in [0.05, 0.1) is 23.8 Å². The van der Waals surface area contributed by atoms with Crippen molar-refractivity contribution in [2.24, 2.45) is 5.14 Å². The second kappa shape index (κ2) is 9.38. The normalized spacial score (nSPS) is 11.5. The number of primary sulfonamides is 1. The van der Waals surface area contributed by atoms with E-state index in [4.69, 9.17) is 9.88 Å². The van der Waals surface area contributed by atoms with Crippen LogP contribution in [0.1, 0.15) is 30.9 Å². The summed E-state index contributed by atoms with van der Waals surface area (Å²) in [7, 11) is -3.97. The number of nitrogens with two attached hydrogens (primary N) is 1. The van der Waals surface area contributed by atoms with Gasteiger partial charge < -0.3 is 9.84 Å². The molecule has 0 fully saturated rings. The maximum absolute atomic E-state index is 12.2. The topological polar surface area (TPSA) is 103 Å². The molecule has 6 nitrogen and oxygen atoms in total. The molecule has 0 aliphatic rings. The van der Waals surface area contributed by atoms with Gasteiger partial charge in [0, 0.05) is 16.7 Å². The van der Waals surface area contributed by atoms with Crippen molar-refractivity contribution in [2.45, 2.75) is 38.2 Å². The molecule has 3 aromatic rings. The fraction of sp³-hybridized carbons (Fsp3) is 0.261. The van der Waals surface area contributed by atoms with Gasteiger partial charge in [-0.25, -0.2) is 18.5 Å². The van der Waals surface area contributed by atoms with E-state index in [1.807, 2.05) is 31.2 Å². The van der Waals surface area contributed by atoms with Crippen LogP contribution in [0.5, 0.6) is 5.88 Å². The number of benzene rings is 2. The van der Waals surface area contributed by atoms with Crippen LogP contribution in [0.2, 0.25) is 0 Å². The lowest BCUT2D eigenvalue weighted by molar-refractivity contribution is 0.256. The first-order valence-corrected chi connectivity index (χ1v) is 11.4. The highest BCUT2D eigenvalue weighted by molar-refractivity contribution is 7.89. The minimum atomic E-state index is -3.97. The lowest BCUT2D eigenvalue weighted by Crippen LogP contribution is -2.14. The number of hydrogen-bond acceptors (Lipinski definition) is 5. The van der Waals surface area contributed by atoms with Gasteiger partial charge >= 0.3 is 0 Å². The van der Waals surface area contributed by atoms with Gasteiger partial charge in [0.2, 0.25) is 15.9 Å². The number of aliphatic hydroxyl groups is 1. The number of sulfonamides is 1. The summed E-state index contributed by atoms with van der Waals surface area (Å²) in [5.41, 5.74) is 3.96. The smallest absolute Gasteiger partial charge is 0.238 e. The molecule has 0 amide bonds. The van der Waals surface area contributed by atoms with E-state index in [1.54, 1.807) is 24.3 Å². The summed E-state index contributed by atoms with van der Waals surface area (Å²) >= 11 is 0. The van der Waals surface area contributed by atoms with E-state index < -0.39 is 10.0 Å². The van der Waals surface area contributed by atoms with Crippen LogP contribution < -0.4 is 9.88 Å². The Morgan fingerprint density at radius 3 is 2.40 bits per heavy atom. The Hall–Kier alpha value is -2.74. The first-order valence-electron chi connectivity index (χ1n) is 9.82. The Morgan fingerprint density at radius 1 is 1.07 bits per heavy atom. The highest BCUT2D eigenvalue weighted by Gasteiger charge is 2.21. The predicted molar refractivity (Wildman–Crippen MR) is 118 cm³/mol. The Bertz CT molecular complexity index is 1130. The molecular formula is C23H26N2O4S. The predicted octanol–water partition coefficient (Wildman–Crippen LogP) is 4.04. The standard InChI is InChI=1S/C23H26N2O4S/c1-3-4-13-29-23-20(15-26)19(18-7-5-6-8-22(18)30(24,27)28)14-21(25-23)17-11-9-16(2)10-12-17/h5-12,14,26H,3-4,13,15H2,1-2H3,(H2,24,27,28). The highest BCUT2D eigenvalue weighted by atomic mass is 32.2. The Balaban J connectivity index is 2.27. The number of unbranched alkanes of at least 4 members (excludes halogenated alkanes) is 1. The van der Waals surface area contributed by atoms with Crippen molar-refractivity contribution in [3.8, 4) is 28.3 Å². The lowest BCUT2D eigenvalue weighted by Gasteiger charge is -2.17. The van der Waals surface area contributed by atoms with Crippen molar-refractivity contribution in [3.05, 3.63) is 65.7 Å². The van der Waals surface area contributed by atoms with Gasteiger partial charge in [-0.05, 0) is 31.0 Å². The third-order valence-corrected chi connectivity index (χ3v) is 5.78. The van der Waals surface area contributed by atoms with Crippen molar-refractivity contribution in [1.82, 2.24) is 4.98 Å². The van der Waals surface area contributed by atoms with Gasteiger partial charge in [0.25, 0.3) is 0 Å². The number of aryl methyl sites for hydroxylation is 1. The first-order chi connectivity index (χ1) is 14.3. The molecule has 0 radical (unpaired) electrons. The van der Waals surface area contributed by atoms with E-state index in [-0.39, 0.29) is 11.5 Å². The summed E-state index contributed by atoms with van der Waals surface area (Å²) in [5, 5.41) is 15.6. The molecule has 0 aliphatic carbocycles. The van der Waals surface area contributed by atoms with Crippen LogP contribution in [-0.2, 0) is 16.6 Å². The molecule has 1 aromatic heterocycles. The fourth-order valence-corrected chi connectivity index (χ4v) is 3.94. The average Bonchev–Trinajstić information content (AvgIpc) is 2.73. The summed E-state index contributed by atoms with van der Waals surface area (Å²) in [6.07, 6.45) is 1.79. The molecule has 30 heavy (non-hydrogen) atoms. The van der Waals surface area contributed by atoms with Crippen LogP contribution >= 0.6 is 0 Å². The molecule has 0 atom stereocenters. The summed E-state index contributed by atoms with van der Waals surface area (Å²) < 4.78 is 30.3. The second-order valence-corrected chi connectivity index (χ2v) is 8.64. The Kier molecular flexibility index (Phi) is 6.87. The monoisotopic (exact) mass is 426 g/mol. The van der Waals surface area contributed by atoms with Crippen LogP contribution in [0.4, 0.5) is 0 Å². The molecule has 1 heterocycles. The van der Waals surface area contributed by atoms with Gasteiger partial charge in [-0.1, -0.05) is 61.4 Å². The molecule has 3 rings (SSSR count). The molecule has 2 aromatic carbocycles. The highest BCUT2D eigenvalue weighted by Crippen LogP contribution is 2.36. The van der Waals surface area contributed by atoms with Gasteiger partial charge in [-0.2, -0.15) is 0 Å². The third kappa shape index (κ3) is 4.87. The first kappa shape index (κ1) is 22.0. The fourth-order valence-electron chi connectivity index (χ4n) is 3.18. The summed E-state index contributed by atoms with van der Waals surface area (Å²) in [5.74, 6) is 0.295. The molecule has 0 spiro atoms. The quantitative estimate of drug-likeness (QED) is 0.529. The zero-order valence-corrected chi connectivity index (χ0v) is 17.9. The van der Waals surface area contributed by atoms with Gasteiger partial charge in [-0.15, -0.1) is 0 Å². The molecule has 7 heteroatoms. The molecule has 0 unspecified atom stereocenters. The number of rotatable bonds is 8. The summed E-state index contributed by atoms with van der Waals surface area (Å²) in [4.78, 5) is 4.62. The maximum Gasteiger partial charge on any atom is 0.238 e. The van der Waals surface area contributed by atoms with Crippen LogP contribution in [0, 0.1) is 6.92 Å². The molecule has 3 N–H and O–H groups in total. The van der Waals surface area contributed by atoms with E-state index >= 15 is 0 Å². The Labute approximate surface area is 177 Å². The van der Waals surface area contributed by atoms with E-state index in [0.717, 1.165) is 24.0 Å². The van der Waals surface area contributed by atoms with Crippen LogP contribution in [-0.4, -0.2) is 25.1 Å². The lowest BCUT2D eigenvalue weighted by atomic mass is 9.98. The number of hydrogen-bond donors (Lipinski definition) is 2. The summed E-state index contributed by atoms with van der Waals surface area (Å²) in [6, 6.07) is 16.1. The molecule has 0 saturated carbocycles. The average molecular weight is 427 g/mol. The molecule has 0 saturated heterocycles. The van der Waals surface area contributed by atoms with Crippen molar-refractivity contribution < 1.29 is 18.3 Å². The van der Waals surface area contributed by atoms with E-state index in [2.05, 4.69) is 11.9 Å². The van der Waals surface area contributed by atoms with E-state index in [0.29, 0.717) is 34.9 Å². The molecule has 158 valence electrons. The van der Waals surface area contributed by atoms with Crippen molar-refractivity contribution in [1.29, 1.82) is 0 Å². The van der Waals surface area contributed by atoms with E-state index in [1.165, 1.54) is 6.07 Å².